The summed E-state index contributed by atoms with van der Waals surface area (Å²) in [4.78, 5) is 23.1. The van der Waals surface area contributed by atoms with Crippen LogP contribution in [0.3, 0.4) is 0 Å². The van der Waals surface area contributed by atoms with E-state index in [9.17, 15) is 9.59 Å². The zero-order chi connectivity index (χ0) is 14.7. The van der Waals surface area contributed by atoms with Gasteiger partial charge in [-0.1, -0.05) is 26.0 Å². The zero-order valence-corrected chi connectivity index (χ0v) is 11.8. The average molecular weight is 271 g/mol. The van der Waals surface area contributed by atoms with Crippen LogP contribution in [0.1, 0.15) is 24.2 Å². The van der Waals surface area contributed by atoms with E-state index in [1.165, 1.54) is 7.11 Å². The molecule has 0 atom stereocenters. The van der Waals surface area contributed by atoms with Gasteiger partial charge in [0.25, 0.3) is 0 Å². The number of ether oxygens (including phenoxy) is 1. The van der Waals surface area contributed by atoms with Gasteiger partial charge in [-0.15, -0.1) is 0 Å². The highest BCUT2D eigenvalue weighted by atomic mass is 16.5. The SMILES string of the molecule is COC(=O)c1ccc2cc(NC(=O)C(C)C)ccc2c1. The molecule has 2 aromatic carbocycles. The minimum Gasteiger partial charge on any atom is -0.465 e. The zero-order valence-electron chi connectivity index (χ0n) is 11.8. The van der Waals surface area contributed by atoms with Gasteiger partial charge in [-0.3, -0.25) is 4.79 Å². The van der Waals surface area contributed by atoms with E-state index < -0.39 is 0 Å². The normalized spacial score (nSPS) is 10.6. The van der Waals surface area contributed by atoms with Gasteiger partial charge in [0.1, 0.15) is 0 Å². The molecule has 20 heavy (non-hydrogen) atoms. The molecule has 0 saturated heterocycles. The number of benzene rings is 2. The van der Waals surface area contributed by atoms with Gasteiger partial charge >= 0.3 is 5.97 Å². The fourth-order valence-electron chi connectivity index (χ4n) is 1.85. The number of nitrogens with one attached hydrogen (secondary N) is 1. The van der Waals surface area contributed by atoms with Crippen molar-refractivity contribution in [3.8, 4) is 0 Å². The Morgan fingerprint density at radius 2 is 1.70 bits per heavy atom. The van der Waals surface area contributed by atoms with Crippen LogP contribution in [0.4, 0.5) is 5.69 Å². The van der Waals surface area contributed by atoms with Gasteiger partial charge in [0.05, 0.1) is 12.7 Å². The van der Waals surface area contributed by atoms with Gasteiger partial charge in [0, 0.05) is 11.6 Å². The molecule has 4 heteroatoms. The number of methoxy groups -OCH3 is 1. The molecule has 0 fully saturated rings. The molecule has 0 radical (unpaired) electrons. The van der Waals surface area contributed by atoms with Crippen LogP contribution in [-0.4, -0.2) is 19.0 Å². The second-order valence-electron chi connectivity index (χ2n) is 4.91. The Morgan fingerprint density at radius 1 is 1.05 bits per heavy atom. The van der Waals surface area contributed by atoms with Crippen molar-refractivity contribution in [1.29, 1.82) is 0 Å². The maximum absolute atomic E-state index is 11.7. The number of rotatable bonds is 3. The summed E-state index contributed by atoms with van der Waals surface area (Å²) in [5, 5.41) is 4.74. The van der Waals surface area contributed by atoms with E-state index in [0.29, 0.717) is 5.56 Å². The lowest BCUT2D eigenvalue weighted by molar-refractivity contribution is -0.118. The van der Waals surface area contributed by atoms with E-state index in [4.69, 9.17) is 4.74 Å². The summed E-state index contributed by atoms with van der Waals surface area (Å²) in [6, 6.07) is 10.9. The number of hydrogen-bond donors (Lipinski definition) is 1. The van der Waals surface area contributed by atoms with Crippen molar-refractivity contribution in [3.63, 3.8) is 0 Å². The van der Waals surface area contributed by atoms with Gasteiger partial charge in [0.15, 0.2) is 0 Å². The van der Waals surface area contributed by atoms with Crippen LogP contribution in [0.15, 0.2) is 36.4 Å². The molecular weight excluding hydrogens is 254 g/mol. The third-order valence-corrected chi connectivity index (χ3v) is 3.05. The first-order valence-corrected chi connectivity index (χ1v) is 6.44. The Hall–Kier alpha value is -2.36. The minimum absolute atomic E-state index is 0.0180. The molecule has 2 aromatic rings. The van der Waals surface area contributed by atoms with Crippen LogP contribution in [-0.2, 0) is 9.53 Å². The number of anilines is 1. The van der Waals surface area contributed by atoms with Crippen molar-refractivity contribution < 1.29 is 14.3 Å². The van der Waals surface area contributed by atoms with Crippen molar-refractivity contribution >= 4 is 28.3 Å². The third-order valence-electron chi connectivity index (χ3n) is 3.05. The second kappa shape index (κ2) is 5.74. The summed E-state index contributed by atoms with van der Waals surface area (Å²) in [7, 11) is 1.36. The monoisotopic (exact) mass is 271 g/mol. The van der Waals surface area contributed by atoms with Crippen molar-refractivity contribution in [1.82, 2.24) is 0 Å². The molecule has 0 aromatic heterocycles. The lowest BCUT2D eigenvalue weighted by atomic mass is 10.1. The molecule has 0 aliphatic carbocycles. The molecule has 2 rings (SSSR count). The van der Waals surface area contributed by atoms with Crippen LogP contribution in [0.5, 0.6) is 0 Å². The van der Waals surface area contributed by atoms with E-state index in [2.05, 4.69) is 5.32 Å². The van der Waals surface area contributed by atoms with E-state index in [1.807, 2.05) is 38.1 Å². The first kappa shape index (κ1) is 14.1. The largest absolute Gasteiger partial charge is 0.465 e. The molecule has 1 N–H and O–H groups in total. The predicted octanol–water partition coefficient (Wildman–Crippen LogP) is 3.22. The van der Waals surface area contributed by atoms with Crippen LogP contribution in [0.2, 0.25) is 0 Å². The fraction of sp³-hybridized carbons (Fsp3) is 0.250. The molecular formula is C16H17NO3. The molecule has 0 saturated carbocycles. The van der Waals surface area contributed by atoms with Crippen molar-refractivity contribution in [3.05, 3.63) is 42.0 Å². The maximum atomic E-state index is 11.7. The quantitative estimate of drug-likeness (QED) is 0.872. The Bertz CT molecular complexity index is 662. The fourth-order valence-corrected chi connectivity index (χ4v) is 1.85. The van der Waals surface area contributed by atoms with E-state index in [1.54, 1.807) is 12.1 Å². The van der Waals surface area contributed by atoms with Crippen LogP contribution >= 0.6 is 0 Å². The lowest BCUT2D eigenvalue weighted by Crippen LogP contribution is -2.17. The van der Waals surface area contributed by atoms with Gasteiger partial charge in [-0.25, -0.2) is 4.79 Å². The average Bonchev–Trinajstić information content (AvgIpc) is 2.45. The van der Waals surface area contributed by atoms with Crippen molar-refractivity contribution in [2.24, 2.45) is 5.92 Å². The number of carbonyl (C=O) groups excluding carboxylic acids is 2. The van der Waals surface area contributed by atoms with Crippen molar-refractivity contribution in [2.45, 2.75) is 13.8 Å². The van der Waals surface area contributed by atoms with Crippen LogP contribution in [0, 0.1) is 5.92 Å². The summed E-state index contributed by atoms with van der Waals surface area (Å²) < 4.78 is 4.69. The highest BCUT2D eigenvalue weighted by Gasteiger charge is 2.09. The molecule has 0 heterocycles. The Labute approximate surface area is 117 Å². The van der Waals surface area contributed by atoms with E-state index >= 15 is 0 Å². The smallest absolute Gasteiger partial charge is 0.337 e. The summed E-state index contributed by atoms with van der Waals surface area (Å²) >= 11 is 0. The van der Waals surface area contributed by atoms with E-state index in [0.717, 1.165) is 16.5 Å². The number of amides is 1. The molecule has 0 bridgehead atoms. The van der Waals surface area contributed by atoms with Crippen LogP contribution < -0.4 is 5.32 Å². The van der Waals surface area contributed by atoms with Crippen LogP contribution in [0.25, 0.3) is 10.8 Å². The Balaban J connectivity index is 2.32. The Morgan fingerprint density at radius 3 is 2.35 bits per heavy atom. The predicted molar refractivity (Wildman–Crippen MR) is 78.8 cm³/mol. The summed E-state index contributed by atoms with van der Waals surface area (Å²) in [5.74, 6) is -0.438. The molecule has 1 amide bonds. The molecule has 0 aliphatic rings. The molecule has 0 unspecified atom stereocenters. The summed E-state index contributed by atoms with van der Waals surface area (Å²) in [5.41, 5.74) is 1.26. The summed E-state index contributed by atoms with van der Waals surface area (Å²) in [6.07, 6.45) is 0. The topological polar surface area (TPSA) is 55.4 Å². The minimum atomic E-state index is -0.357. The number of esters is 1. The summed E-state index contributed by atoms with van der Waals surface area (Å²) in [6.45, 7) is 3.69. The number of carbonyl (C=O) groups is 2. The maximum Gasteiger partial charge on any atom is 0.337 e. The first-order chi connectivity index (χ1) is 9.51. The van der Waals surface area contributed by atoms with Gasteiger partial charge < -0.3 is 10.1 Å². The van der Waals surface area contributed by atoms with E-state index in [-0.39, 0.29) is 17.8 Å². The molecule has 0 spiro atoms. The molecule has 4 nitrogen and oxygen atoms in total. The van der Waals surface area contributed by atoms with Gasteiger partial charge in [0.2, 0.25) is 5.91 Å². The third kappa shape index (κ3) is 2.96. The molecule has 0 aliphatic heterocycles. The lowest BCUT2D eigenvalue weighted by Gasteiger charge is -2.09. The van der Waals surface area contributed by atoms with Gasteiger partial charge in [-0.2, -0.15) is 0 Å². The number of fused-ring (bicyclic) bond motifs is 1. The van der Waals surface area contributed by atoms with Crippen molar-refractivity contribution in [2.75, 3.05) is 12.4 Å². The number of hydrogen-bond acceptors (Lipinski definition) is 3. The standard InChI is InChI=1S/C16H17NO3/c1-10(2)15(18)17-14-7-6-11-8-13(16(19)20-3)5-4-12(11)9-14/h4-10H,1-3H3,(H,17,18). The Kier molecular flexibility index (Phi) is 4.03. The molecule has 104 valence electrons. The first-order valence-electron chi connectivity index (χ1n) is 6.44. The van der Waals surface area contributed by atoms with Gasteiger partial charge in [-0.05, 0) is 35.0 Å². The second-order valence-corrected chi connectivity index (χ2v) is 4.91. The highest BCUT2D eigenvalue weighted by Crippen LogP contribution is 2.21. The highest BCUT2D eigenvalue weighted by molar-refractivity contribution is 5.98.